The third kappa shape index (κ3) is 3.62. The van der Waals surface area contributed by atoms with Crippen LogP contribution < -0.4 is 5.32 Å². The van der Waals surface area contributed by atoms with Crippen molar-refractivity contribution in [1.29, 1.82) is 0 Å². The highest BCUT2D eigenvalue weighted by Crippen LogP contribution is 2.31. The molecule has 0 fully saturated rings. The zero-order valence-electron chi connectivity index (χ0n) is 12.6. The molecule has 0 aliphatic heterocycles. The van der Waals surface area contributed by atoms with Crippen molar-refractivity contribution in [2.45, 2.75) is 40.2 Å². The molecule has 108 valence electrons. The van der Waals surface area contributed by atoms with E-state index >= 15 is 0 Å². The summed E-state index contributed by atoms with van der Waals surface area (Å²) >= 11 is 4.23. The number of aryl methyl sites for hydroxylation is 3. The Bertz CT molecular complexity index is 565. The van der Waals surface area contributed by atoms with Crippen molar-refractivity contribution in [1.82, 2.24) is 5.32 Å². The largest absolute Gasteiger partial charge is 0.306 e. The maximum atomic E-state index is 3.72. The van der Waals surface area contributed by atoms with Gasteiger partial charge in [-0.15, -0.1) is 11.3 Å². The first-order valence-electron chi connectivity index (χ1n) is 7.08. The van der Waals surface area contributed by atoms with Crippen molar-refractivity contribution in [2.75, 3.05) is 6.54 Å². The summed E-state index contributed by atoms with van der Waals surface area (Å²) in [6.45, 7) is 9.90. The van der Waals surface area contributed by atoms with Crippen molar-refractivity contribution < 1.29 is 0 Å². The van der Waals surface area contributed by atoms with Gasteiger partial charge in [-0.2, -0.15) is 0 Å². The molecule has 2 rings (SSSR count). The second kappa shape index (κ2) is 7.05. The van der Waals surface area contributed by atoms with Crippen molar-refractivity contribution in [3.63, 3.8) is 0 Å². The average Bonchev–Trinajstić information content (AvgIpc) is 2.78. The fraction of sp³-hybridized carbons (Fsp3) is 0.412. The van der Waals surface area contributed by atoms with Gasteiger partial charge >= 0.3 is 0 Å². The predicted octanol–water partition coefficient (Wildman–Crippen LogP) is 5.37. The molecule has 20 heavy (non-hydrogen) atoms. The van der Waals surface area contributed by atoms with Gasteiger partial charge in [0, 0.05) is 0 Å². The monoisotopic (exact) mass is 399 g/mol. The topological polar surface area (TPSA) is 12.0 Å². The molecule has 0 bridgehead atoms. The molecule has 1 unspecified atom stereocenters. The highest BCUT2D eigenvalue weighted by atomic mass is 127. The van der Waals surface area contributed by atoms with E-state index in [0.29, 0.717) is 6.04 Å². The van der Waals surface area contributed by atoms with Crippen LogP contribution in [0.15, 0.2) is 23.6 Å². The third-order valence-electron chi connectivity index (χ3n) is 3.55. The lowest BCUT2D eigenvalue weighted by atomic mass is 9.91. The number of thiophene rings is 1. The molecule has 0 aliphatic rings. The molecule has 0 saturated carbocycles. The number of nitrogens with one attached hydrogen (secondary N) is 1. The summed E-state index contributed by atoms with van der Waals surface area (Å²) in [4.78, 5) is 0. The van der Waals surface area contributed by atoms with Gasteiger partial charge in [0.1, 0.15) is 0 Å². The Morgan fingerprint density at radius 1 is 1.15 bits per heavy atom. The molecule has 1 N–H and O–H groups in total. The van der Waals surface area contributed by atoms with E-state index < -0.39 is 0 Å². The number of hydrogen-bond acceptors (Lipinski definition) is 2. The molecule has 2 aromatic rings. The summed E-state index contributed by atoms with van der Waals surface area (Å²) < 4.78 is 1.35. The molecule has 0 amide bonds. The Balaban J connectivity index is 2.46. The quantitative estimate of drug-likeness (QED) is 0.667. The standard InChI is InChI=1S/C17H22INS/c1-5-6-19-17(14-9-15(18)20-10-14)16-12(3)7-11(2)8-13(16)4/h7-10,17,19H,5-6H2,1-4H3. The normalized spacial score (nSPS) is 12.7. The van der Waals surface area contributed by atoms with E-state index in [1.165, 1.54) is 30.7 Å². The first-order valence-corrected chi connectivity index (χ1v) is 9.03. The smallest absolute Gasteiger partial charge is 0.0656 e. The lowest BCUT2D eigenvalue weighted by Crippen LogP contribution is -2.24. The van der Waals surface area contributed by atoms with Crippen LogP contribution in [-0.2, 0) is 0 Å². The van der Waals surface area contributed by atoms with E-state index in [0.717, 1.165) is 13.0 Å². The minimum absolute atomic E-state index is 0.315. The Kier molecular flexibility index (Phi) is 5.64. The van der Waals surface area contributed by atoms with Gasteiger partial charge in [-0.25, -0.2) is 0 Å². The van der Waals surface area contributed by atoms with Gasteiger partial charge < -0.3 is 5.32 Å². The van der Waals surface area contributed by atoms with Crippen LogP contribution >= 0.6 is 33.9 Å². The van der Waals surface area contributed by atoms with Gasteiger partial charge in [0.05, 0.1) is 8.93 Å². The van der Waals surface area contributed by atoms with Crippen LogP contribution in [0.4, 0.5) is 0 Å². The van der Waals surface area contributed by atoms with Crippen LogP contribution in [0.1, 0.15) is 47.2 Å². The van der Waals surface area contributed by atoms with Gasteiger partial charge in [0.25, 0.3) is 0 Å². The number of halogens is 1. The molecule has 1 heterocycles. The van der Waals surface area contributed by atoms with E-state index in [1.54, 1.807) is 0 Å². The van der Waals surface area contributed by atoms with Crippen LogP contribution in [0, 0.1) is 23.7 Å². The summed E-state index contributed by atoms with van der Waals surface area (Å²) in [5.41, 5.74) is 6.95. The average molecular weight is 399 g/mol. The molecule has 1 nitrogen and oxygen atoms in total. The van der Waals surface area contributed by atoms with Crippen LogP contribution in [-0.4, -0.2) is 6.54 Å². The van der Waals surface area contributed by atoms with E-state index in [4.69, 9.17) is 0 Å². The molecule has 0 aliphatic carbocycles. The van der Waals surface area contributed by atoms with E-state index in [1.807, 2.05) is 11.3 Å². The summed E-state index contributed by atoms with van der Waals surface area (Å²) in [6.07, 6.45) is 1.15. The molecule has 0 saturated heterocycles. The van der Waals surface area contributed by atoms with E-state index in [-0.39, 0.29) is 0 Å². The summed E-state index contributed by atoms with van der Waals surface area (Å²) in [6, 6.07) is 7.20. The Morgan fingerprint density at radius 2 is 1.80 bits per heavy atom. The highest BCUT2D eigenvalue weighted by molar-refractivity contribution is 14.1. The maximum absolute atomic E-state index is 3.72. The third-order valence-corrected chi connectivity index (χ3v) is 5.35. The number of hydrogen-bond donors (Lipinski definition) is 1. The van der Waals surface area contributed by atoms with Crippen LogP contribution in [0.5, 0.6) is 0 Å². The zero-order chi connectivity index (χ0) is 14.7. The van der Waals surface area contributed by atoms with Crippen LogP contribution in [0.3, 0.4) is 0 Å². The summed E-state index contributed by atoms with van der Waals surface area (Å²) in [5.74, 6) is 0. The molecule has 1 aromatic carbocycles. The lowest BCUT2D eigenvalue weighted by Gasteiger charge is -2.23. The molecule has 1 atom stereocenters. The Hall–Kier alpha value is -0.390. The lowest BCUT2D eigenvalue weighted by molar-refractivity contribution is 0.595. The fourth-order valence-electron chi connectivity index (χ4n) is 2.80. The molecular formula is C17H22INS. The molecule has 3 heteroatoms. The fourth-order valence-corrected chi connectivity index (χ4v) is 4.19. The van der Waals surface area contributed by atoms with Crippen molar-refractivity contribution in [2.24, 2.45) is 0 Å². The first-order chi connectivity index (χ1) is 9.52. The second-order valence-electron chi connectivity index (χ2n) is 5.38. The SMILES string of the molecule is CCCNC(c1csc(I)c1)c1c(C)cc(C)cc1C. The summed E-state index contributed by atoms with van der Waals surface area (Å²) in [5, 5.41) is 6.01. The Morgan fingerprint density at radius 3 is 2.30 bits per heavy atom. The second-order valence-corrected chi connectivity index (χ2v) is 8.19. The minimum Gasteiger partial charge on any atom is -0.306 e. The number of benzene rings is 1. The first kappa shape index (κ1) is 16.0. The number of rotatable bonds is 5. The predicted molar refractivity (Wildman–Crippen MR) is 97.8 cm³/mol. The zero-order valence-corrected chi connectivity index (χ0v) is 15.6. The molecule has 0 spiro atoms. The highest BCUT2D eigenvalue weighted by Gasteiger charge is 2.19. The van der Waals surface area contributed by atoms with Gasteiger partial charge in [0.15, 0.2) is 0 Å². The van der Waals surface area contributed by atoms with Crippen molar-refractivity contribution >= 4 is 33.9 Å². The molecule has 0 radical (unpaired) electrons. The summed E-state index contributed by atoms with van der Waals surface area (Å²) in [7, 11) is 0. The molecular weight excluding hydrogens is 377 g/mol. The maximum Gasteiger partial charge on any atom is 0.0656 e. The van der Waals surface area contributed by atoms with E-state index in [2.05, 4.69) is 79.2 Å². The van der Waals surface area contributed by atoms with Gasteiger partial charge in [-0.1, -0.05) is 24.6 Å². The van der Waals surface area contributed by atoms with Crippen LogP contribution in [0.25, 0.3) is 0 Å². The molecule has 1 aromatic heterocycles. The minimum atomic E-state index is 0.315. The van der Waals surface area contributed by atoms with Crippen molar-refractivity contribution in [3.8, 4) is 0 Å². The van der Waals surface area contributed by atoms with Gasteiger partial charge in [0.2, 0.25) is 0 Å². The van der Waals surface area contributed by atoms with Gasteiger partial charge in [-0.3, -0.25) is 0 Å². The van der Waals surface area contributed by atoms with Crippen molar-refractivity contribution in [3.05, 3.63) is 54.3 Å². The van der Waals surface area contributed by atoms with Crippen LogP contribution in [0.2, 0.25) is 0 Å². The van der Waals surface area contributed by atoms with Gasteiger partial charge in [-0.05, 0) is 90.0 Å². The van der Waals surface area contributed by atoms with E-state index in [9.17, 15) is 0 Å². The Labute approximate surface area is 139 Å².